The van der Waals surface area contributed by atoms with Crippen LogP contribution in [0.1, 0.15) is 49.9 Å². The first-order chi connectivity index (χ1) is 15.9. The summed E-state index contributed by atoms with van der Waals surface area (Å²) in [5, 5.41) is 11.2. The third-order valence-electron chi connectivity index (χ3n) is 6.06. The van der Waals surface area contributed by atoms with Crippen LogP contribution in [0.2, 0.25) is 0 Å². The van der Waals surface area contributed by atoms with Crippen molar-refractivity contribution < 1.29 is 19.4 Å². The zero-order chi connectivity index (χ0) is 24.0. The van der Waals surface area contributed by atoms with E-state index in [-0.39, 0.29) is 11.3 Å². The average Bonchev–Trinajstić information content (AvgIpc) is 3.08. The Morgan fingerprint density at radius 2 is 1.76 bits per heavy atom. The predicted octanol–water partition coefficient (Wildman–Crippen LogP) is 4.55. The van der Waals surface area contributed by atoms with Gasteiger partial charge in [-0.2, -0.15) is 0 Å². The fourth-order valence-electron chi connectivity index (χ4n) is 4.10. The van der Waals surface area contributed by atoms with Gasteiger partial charge in [-0.3, -0.25) is 9.59 Å². The molecule has 1 unspecified atom stereocenters. The monoisotopic (exact) mass is 450 g/mol. The molecule has 0 aromatic heterocycles. The molecule has 1 aliphatic heterocycles. The molecular formula is C27H34N2O4. The molecule has 1 fully saturated rings. The summed E-state index contributed by atoms with van der Waals surface area (Å²) in [6, 6.07) is 14.1. The van der Waals surface area contributed by atoms with Gasteiger partial charge in [0.15, 0.2) is 0 Å². The summed E-state index contributed by atoms with van der Waals surface area (Å²) in [6.07, 6.45) is 0.862. The summed E-state index contributed by atoms with van der Waals surface area (Å²) in [5.74, 6) is -0.792. The lowest BCUT2D eigenvalue weighted by Gasteiger charge is -2.28. The number of ether oxygens (including phenoxy) is 1. The minimum Gasteiger partial charge on any atom is -0.507 e. The van der Waals surface area contributed by atoms with Crippen LogP contribution in [-0.2, 0) is 9.59 Å². The van der Waals surface area contributed by atoms with E-state index in [4.69, 9.17) is 4.74 Å². The fourth-order valence-corrected chi connectivity index (χ4v) is 4.10. The predicted molar refractivity (Wildman–Crippen MR) is 130 cm³/mol. The van der Waals surface area contributed by atoms with Crippen LogP contribution < -0.4 is 4.74 Å². The van der Waals surface area contributed by atoms with Gasteiger partial charge in [0.2, 0.25) is 0 Å². The zero-order valence-electron chi connectivity index (χ0n) is 20.0. The summed E-state index contributed by atoms with van der Waals surface area (Å²) >= 11 is 0. The number of aryl methyl sites for hydroxylation is 1. The van der Waals surface area contributed by atoms with E-state index in [9.17, 15) is 14.7 Å². The molecule has 6 heteroatoms. The number of hydrogen-bond donors (Lipinski definition) is 1. The first-order valence-corrected chi connectivity index (χ1v) is 11.7. The van der Waals surface area contributed by atoms with Gasteiger partial charge in [-0.15, -0.1) is 0 Å². The Kier molecular flexibility index (Phi) is 8.28. The minimum atomic E-state index is -0.655. The summed E-state index contributed by atoms with van der Waals surface area (Å²) in [6.45, 7) is 11.5. The van der Waals surface area contributed by atoms with Crippen molar-refractivity contribution in [3.63, 3.8) is 0 Å². The SMILES string of the molecule is CCCOc1cccc(C(O)=C2C(=O)C(=O)N(CCN(CC)CC)C2c2ccc(C)cc2)c1. The number of nitrogens with zero attached hydrogens (tertiary/aromatic N) is 2. The number of likely N-dealkylation sites (N-methyl/N-ethyl adjacent to an activating group) is 1. The second-order valence-electron chi connectivity index (χ2n) is 8.31. The number of aliphatic hydroxyl groups is 1. The maximum absolute atomic E-state index is 13.2. The van der Waals surface area contributed by atoms with Gasteiger partial charge >= 0.3 is 0 Å². The number of likely N-dealkylation sites (tertiary alicyclic amines) is 1. The van der Waals surface area contributed by atoms with Crippen molar-refractivity contribution in [1.29, 1.82) is 0 Å². The van der Waals surface area contributed by atoms with Crippen molar-refractivity contribution in [1.82, 2.24) is 9.80 Å². The second-order valence-corrected chi connectivity index (χ2v) is 8.31. The van der Waals surface area contributed by atoms with E-state index in [1.54, 1.807) is 23.1 Å². The van der Waals surface area contributed by atoms with Gasteiger partial charge in [-0.1, -0.05) is 62.7 Å². The van der Waals surface area contributed by atoms with Crippen LogP contribution in [0, 0.1) is 6.92 Å². The maximum atomic E-state index is 13.2. The molecule has 176 valence electrons. The Morgan fingerprint density at radius 3 is 2.39 bits per heavy atom. The summed E-state index contributed by atoms with van der Waals surface area (Å²) in [4.78, 5) is 30.1. The average molecular weight is 451 g/mol. The van der Waals surface area contributed by atoms with Crippen molar-refractivity contribution in [3.8, 4) is 5.75 Å². The maximum Gasteiger partial charge on any atom is 0.295 e. The van der Waals surface area contributed by atoms with E-state index in [0.717, 1.165) is 30.6 Å². The first kappa shape index (κ1) is 24.5. The van der Waals surface area contributed by atoms with Gasteiger partial charge in [0.25, 0.3) is 11.7 Å². The molecule has 3 rings (SSSR count). The van der Waals surface area contributed by atoms with Gasteiger partial charge < -0.3 is 19.6 Å². The van der Waals surface area contributed by atoms with E-state index in [0.29, 0.717) is 31.0 Å². The largest absolute Gasteiger partial charge is 0.507 e. The zero-order valence-corrected chi connectivity index (χ0v) is 20.0. The minimum absolute atomic E-state index is 0.121. The van der Waals surface area contributed by atoms with Gasteiger partial charge in [-0.05, 0) is 44.1 Å². The van der Waals surface area contributed by atoms with Crippen LogP contribution in [0.4, 0.5) is 0 Å². The number of hydrogen-bond acceptors (Lipinski definition) is 5. The Morgan fingerprint density at radius 1 is 1.06 bits per heavy atom. The number of aliphatic hydroxyl groups excluding tert-OH is 1. The molecule has 1 aliphatic rings. The molecule has 0 saturated carbocycles. The Bertz CT molecular complexity index is 1010. The molecule has 2 aromatic rings. The van der Waals surface area contributed by atoms with Crippen LogP contribution in [0.25, 0.3) is 5.76 Å². The van der Waals surface area contributed by atoms with Crippen LogP contribution in [0.5, 0.6) is 5.75 Å². The molecule has 0 aliphatic carbocycles. The molecule has 1 amide bonds. The molecule has 33 heavy (non-hydrogen) atoms. The topological polar surface area (TPSA) is 70.1 Å². The highest BCUT2D eigenvalue weighted by Crippen LogP contribution is 2.39. The number of ketones is 1. The summed E-state index contributed by atoms with van der Waals surface area (Å²) in [7, 11) is 0. The molecule has 2 aromatic carbocycles. The van der Waals surface area contributed by atoms with Gasteiger partial charge in [0, 0.05) is 18.7 Å². The van der Waals surface area contributed by atoms with E-state index in [2.05, 4.69) is 18.7 Å². The van der Waals surface area contributed by atoms with Crippen molar-refractivity contribution in [2.75, 3.05) is 32.8 Å². The molecule has 1 saturated heterocycles. The van der Waals surface area contributed by atoms with Crippen LogP contribution in [0.15, 0.2) is 54.1 Å². The smallest absolute Gasteiger partial charge is 0.295 e. The number of benzene rings is 2. The molecule has 0 spiro atoms. The first-order valence-electron chi connectivity index (χ1n) is 11.7. The molecule has 6 nitrogen and oxygen atoms in total. The Balaban J connectivity index is 2.06. The van der Waals surface area contributed by atoms with E-state index < -0.39 is 17.7 Å². The van der Waals surface area contributed by atoms with Crippen LogP contribution in [0.3, 0.4) is 0 Å². The highest BCUT2D eigenvalue weighted by atomic mass is 16.5. The Hall–Kier alpha value is -3.12. The van der Waals surface area contributed by atoms with Crippen molar-refractivity contribution in [2.24, 2.45) is 0 Å². The molecule has 1 atom stereocenters. The van der Waals surface area contributed by atoms with Crippen LogP contribution >= 0.6 is 0 Å². The van der Waals surface area contributed by atoms with Gasteiger partial charge in [0.1, 0.15) is 11.5 Å². The second kappa shape index (κ2) is 11.1. The summed E-state index contributed by atoms with van der Waals surface area (Å²) < 4.78 is 5.69. The molecule has 1 N–H and O–H groups in total. The lowest BCUT2D eigenvalue weighted by Crippen LogP contribution is -2.38. The van der Waals surface area contributed by atoms with E-state index in [1.165, 1.54) is 0 Å². The van der Waals surface area contributed by atoms with E-state index in [1.807, 2.05) is 44.2 Å². The quantitative estimate of drug-likeness (QED) is 0.327. The standard InChI is InChI=1S/C27H34N2O4/c1-5-17-33-22-10-8-9-21(18-22)25(30)23-24(20-13-11-19(4)12-14-20)29(27(32)26(23)31)16-15-28(6-2)7-3/h8-14,18,24,30H,5-7,15-17H2,1-4H3. The van der Waals surface area contributed by atoms with Crippen molar-refractivity contribution in [3.05, 3.63) is 70.8 Å². The number of carbonyl (C=O) groups excluding carboxylic acids is 2. The lowest BCUT2D eigenvalue weighted by molar-refractivity contribution is -0.140. The fraction of sp³-hybridized carbons (Fsp3) is 0.407. The third kappa shape index (κ3) is 5.45. The summed E-state index contributed by atoms with van der Waals surface area (Å²) in [5.41, 5.74) is 2.47. The van der Waals surface area contributed by atoms with Crippen molar-refractivity contribution >= 4 is 17.4 Å². The number of Topliss-reactive ketones (excluding diaryl/α,β-unsaturated/α-hetero) is 1. The number of amides is 1. The highest BCUT2D eigenvalue weighted by molar-refractivity contribution is 6.46. The van der Waals surface area contributed by atoms with Gasteiger partial charge in [-0.25, -0.2) is 0 Å². The highest BCUT2D eigenvalue weighted by Gasteiger charge is 2.45. The van der Waals surface area contributed by atoms with E-state index >= 15 is 0 Å². The lowest BCUT2D eigenvalue weighted by atomic mass is 9.94. The molecule has 0 radical (unpaired) electrons. The van der Waals surface area contributed by atoms with Gasteiger partial charge in [0.05, 0.1) is 18.2 Å². The number of rotatable bonds is 10. The van der Waals surface area contributed by atoms with Crippen molar-refractivity contribution in [2.45, 2.75) is 40.2 Å². The molecule has 1 heterocycles. The molecular weight excluding hydrogens is 416 g/mol. The number of carbonyl (C=O) groups is 2. The third-order valence-corrected chi connectivity index (χ3v) is 6.06. The molecule has 0 bridgehead atoms. The normalized spacial score (nSPS) is 17.7. The Labute approximate surface area is 196 Å². The van der Waals surface area contributed by atoms with Crippen LogP contribution in [-0.4, -0.2) is 59.4 Å².